The van der Waals surface area contributed by atoms with Gasteiger partial charge in [-0.15, -0.1) is 0 Å². The van der Waals surface area contributed by atoms with E-state index in [-0.39, 0.29) is 0 Å². The molecule has 2 heterocycles. The Balaban J connectivity index is 1.04. The van der Waals surface area contributed by atoms with Gasteiger partial charge in [0.25, 0.3) is 0 Å². The van der Waals surface area contributed by atoms with E-state index in [1.54, 1.807) is 5.56 Å². The number of nitrogens with one attached hydrogen (secondary N) is 1. The number of rotatable bonds is 6. The van der Waals surface area contributed by atoms with Crippen LogP contribution in [0.3, 0.4) is 0 Å². The van der Waals surface area contributed by atoms with Gasteiger partial charge in [0.1, 0.15) is 5.82 Å². The molecule has 0 bridgehead atoms. The van der Waals surface area contributed by atoms with Gasteiger partial charge in [0.2, 0.25) is 0 Å². The lowest BCUT2D eigenvalue weighted by atomic mass is 9.08. The molecule has 5 unspecified atom stereocenters. The quantitative estimate of drug-likeness (QED) is 0.720. The predicted molar refractivity (Wildman–Crippen MR) is 120 cm³/mol. The Morgan fingerprint density at radius 1 is 0.967 bits per heavy atom. The van der Waals surface area contributed by atoms with E-state index in [4.69, 9.17) is 4.98 Å². The molecule has 5 fully saturated rings. The lowest BCUT2D eigenvalue weighted by Gasteiger charge is -2.96. The largest absolute Gasteiger partial charge is 0.369 e. The van der Waals surface area contributed by atoms with Gasteiger partial charge in [0.15, 0.2) is 0 Å². The van der Waals surface area contributed by atoms with E-state index >= 15 is 0 Å². The van der Waals surface area contributed by atoms with Crippen LogP contribution in [0.25, 0.3) is 0 Å². The van der Waals surface area contributed by atoms with Gasteiger partial charge in [-0.05, 0) is 91.5 Å². The fourth-order valence-electron chi connectivity index (χ4n) is 9.16. The number of nitrogens with zero attached hydrogens (tertiary/aromatic N) is 2. The normalized spacial score (nSPS) is 40.7. The Morgan fingerprint density at radius 2 is 1.80 bits per heavy atom. The number of aromatic nitrogens is 1. The third-order valence-corrected chi connectivity index (χ3v) is 10.0. The summed E-state index contributed by atoms with van der Waals surface area (Å²) in [7, 11) is 0. The zero-order valence-corrected chi connectivity index (χ0v) is 17.9. The van der Waals surface area contributed by atoms with Crippen LogP contribution in [0.2, 0.25) is 0 Å². The first-order valence-electron chi connectivity index (χ1n) is 12.2. The lowest BCUT2D eigenvalue weighted by Crippen LogP contribution is -2.93. The monoisotopic (exact) mass is 399 g/mol. The van der Waals surface area contributed by atoms with Gasteiger partial charge in [-0.3, -0.25) is 4.90 Å². The molecule has 1 aromatic carbocycles. The second-order valence-electron chi connectivity index (χ2n) is 11.1. The van der Waals surface area contributed by atoms with Gasteiger partial charge >= 0.3 is 0 Å². The maximum absolute atomic E-state index is 4.78. The van der Waals surface area contributed by atoms with Crippen LogP contribution in [0, 0.1) is 22.7 Å². The molecule has 3 nitrogen and oxygen atoms in total. The molecule has 1 saturated heterocycles. The zero-order valence-electron chi connectivity index (χ0n) is 17.9. The molecule has 1 aliphatic heterocycles. The van der Waals surface area contributed by atoms with E-state index in [1.165, 1.54) is 63.6 Å². The summed E-state index contributed by atoms with van der Waals surface area (Å²) in [6.07, 6.45) is 12.0. The van der Waals surface area contributed by atoms with Crippen LogP contribution in [0.1, 0.15) is 56.1 Å². The third-order valence-electron chi connectivity index (χ3n) is 10.0. The zero-order chi connectivity index (χ0) is 19.8. The molecule has 7 rings (SSSR count). The summed E-state index contributed by atoms with van der Waals surface area (Å²) in [4.78, 5) is 7.36. The first kappa shape index (κ1) is 17.8. The third kappa shape index (κ3) is 2.03. The summed E-state index contributed by atoms with van der Waals surface area (Å²) < 4.78 is 0. The molecule has 5 aliphatic rings. The highest BCUT2D eigenvalue weighted by molar-refractivity contribution is 5.52. The Morgan fingerprint density at radius 3 is 2.53 bits per heavy atom. The van der Waals surface area contributed by atoms with Crippen molar-refractivity contribution in [3.63, 3.8) is 0 Å². The van der Waals surface area contributed by atoms with Crippen molar-refractivity contribution in [2.24, 2.45) is 22.7 Å². The highest BCUT2D eigenvalue weighted by Gasteiger charge is 2.93. The predicted octanol–water partition coefficient (Wildman–Crippen LogP) is 5.24. The molecule has 3 heteroatoms. The van der Waals surface area contributed by atoms with Crippen molar-refractivity contribution >= 4 is 5.82 Å². The van der Waals surface area contributed by atoms with Crippen molar-refractivity contribution in [2.45, 2.75) is 56.9 Å². The topological polar surface area (TPSA) is 28.2 Å². The van der Waals surface area contributed by atoms with Crippen LogP contribution in [0.4, 0.5) is 5.82 Å². The molecular formula is C27H33N3. The van der Waals surface area contributed by atoms with Crippen LogP contribution >= 0.6 is 0 Å². The summed E-state index contributed by atoms with van der Waals surface area (Å²) in [5, 5.41) is 3.76. The molecule has 4 aliphatic carbocycles. The fourth-order valence-corrected chi connectivity index (χ4v) is 9.16. The first-order chi connectivity index (χ1) is 14.8. The minimum absolute atomic E-state index is 0.507. The van der Waals surface area contributed by atoms with Gasteiger partial charge < -0.3 is 5.32 Å². The molecule has 1 N–H and O–H groups in total. The number of hydrogen-bond acceptors (Lipinski definition) is 3. The molecule has 30 heavy (non-hydrogen) atoms. The van der Waals surface area contributed by atoms with Crippen molar-refractivity contribution in [3.05, 3.63) is 59.8 Å². The maximum Gasteiger partial charge on any atom is 0.125 e. The van der Waals surface area contributed by atoms with Gasteiger partial charge in [-0.2, -0.15) is 0 Å². The lowest BCUT2D eigenvalue weighted by molar-refractivity contribution is -0.443. The van der Waals surface area contributed by atoms with Crippen LogP contribution in [-0.2, 0) is 12.0 Å². The van der Waals surface area contributed by atoms with Crippen molar-refractivity contribution < 1.29 is 0 Å². The summed E-state index contributed by atoms with van der Waals surface area (Å²) in [6, 6.07) is 16.0. The molecule has 0 amide bonds. The van der Waals surface area contributed by atoms with Gasteiger partial charge in [-0.1, -0.05) is 42.8 Å². The van der Waals surface area contributed by atoms with Crippen LogP contribution in [0.15, 0.2) is 48.7 Å². The number of benzene rings is 1. The number of piperidine rings is 1. The molecule has 1 aromatic heterocycles. The average molecular weight is 400 g/mol. The summed E-state index contributed by atoms with van der Waals surface area (Å²) in [6.45, 7) is 4.67. The molecule has 1 spiro atoms. The molecular weight excluding hydrogens is 366 g/mol. The van der Waals surface area contributed by atoms with E-state index in [2.05, 4.69) is 58.9 Å². The molecule has 2 aromatic rings. The number of hydrogen-bond donors (Lipinski definition) is 1. The standard InChI is InChI=1S/C27H33N3/c1-3-7-21(8-4-1)26-15-23-13-22-14-25(18-26,27(22,23)26)19-29-24-10-9-20(16-28-24)17-30-11-5-2-6-12-30/h1,3-4,7-10,16,22-23H,2,5-6,11-15,17-19H2,(H,28,29). The highest BCUT2D eigenvalue weighted by Crippen LogP contribution is 2.97. The van der Waals surface area contributed by atoms with E-state index < -0.39 is 0 Å². The van der Waals surface area contributed by atoms with Gasteiger partial charge in [0, 0.05) is 24.7 Å². The summed E-state index contributed by atoms with van der Waals surface area (Å²) in [5.74, 6) is 3.05. The minimum atomic E-state index is 0.507. The summed E-state index contributed by atoms with van der Waals surface area (Å²) >= 11 is 0. The van der Waals surface area contributed by atoms with E-state index in [0.29, 0.717) is 16.2 Å². The summed E-state index contributed by atoms with van der Waals surface area (Å²) in [5.41, 5.74) is 4.65. The second-order valence-corrected chi connectivity index (χ2v) is 11.1. The Hall–Kier alpha value is -1.87. The van der Waals surface area contributed by atoms with E-state index in [0.717, 1.165) is 30.7 Å². The molecule has 4 saturated carbocycles. The molecule has 156 valence electrons. The van der Waals surface area contributed by atoms with Crippen molar-refractivity contribution in [1.29, 1.82) is 0 Å². The molecule has 0 radical (unpaired) electrons. The van der Waals surface area contributed by atoms with Crippen molar-refractivity contribution in [2.75, 3.05) is 25.0 Å². The minimum Gasteiger partial charge on any atom is -0.369 e. The Kier molecular flexibility index (Phi) is 3.61. The van der Waals surface area contributed by atoms with Crippen molar-refractivity contribution in [1.82, 2.24) is 9.88 Å². The van der Waals surface area contributed by atoms with Crippen molar-refractivity contribution in [3.8, 4) is 0 Å². The molecule has 5 atom stereocenters. The number of pyridine rings is 1. The van der Waals surface area contributed by atoms with Gasteiger partial charge in [0.05, 0.1) is 0 Å². The Bertz CT molecular complexity index is 944. The fraction of sp³-hybridized carbons (Fsp3) is 0.593. The maximum atomic E-state index is 4.78. The average Bonchev–Trinajstić information content (AvgIpc) is 2.74. The SMILES string of the molecule is c1ccc(C23CC4CC5CC(CNc6ccc(CN7CCCCC7)cn6)(C2)C543)cc1. The smallest absolute Gasteiger partial charge is 0.125 e. The van der Waals surface area contributed by atoms with Crippen LogP contribution < -0.4 is 5.32 Å². The number of anilines is 1. The van der Waals surface area contributed by atoms with E-state index in [1.807, 2.05) is 0 Å². The van der Waals surface area contributed by atoms with E-state index in [9.17, 15) is 0 Å². The van der Waals surface area contributed by atoms with Crippen LogP contribution in [-0.4, -0.2) is 29.5 Å². The van der Waals surface area contributed by atoms with Crippen LogP contribution in [0.5, 0.6) is 0 Å². The number of likely N-dealkylation sites (tertiary alicyclic amines) is 1. The Labute approximate surface area is 180 Å². The highest BCUT2D eigenvalue weighted by atomic mass is 15.1. The van der Waals surface area contributed by atoms with Gasteiger partial charge in [-0.25, -0.2) is 4.98 Å². The second kappa shape index (κ2) is 6.09. The first-order valence-corrected chi connectivity index (χ1v) is 12.2.